The highest BCUT2D eigenvalue weighted by molar-refractivity contribution is 5.25. The van der Waals surface area contributed by atoms with E-state index in [-0.39, 0.29) is 0 Å². The Morgan fingerprint density at radius 1 is 1.53 bits per heavy atom. The predicted octanol–water partition coefficient (Wildman–Crippen LogP) is 4.35. The molecule has 1 saturated carbocycles. The minimum absolute atomic E-state index is 0.342. The molecular weight excluding hydrogens is 208 g/mol. The van der Waals surface area contributed by atoms with Crippen LogP contribution in [-0.4, -0.2) is 13.2 Å². The van der Waals surface area contributed by atoms with Crippen molar-refractivity contribution in [3.8, 4) is 0 Å². The summed E-state index contributed by atoms with van der Waals surface area (Å²) in [6, 6.07) is 0. The van der Waals surface area contributed by atoms with Crippen LogP contribution < -0.4 is 0 Å². The van der Waals surface area contributed by atoms with E-state index in [2.05, 4.69) is 33.4 Å². The summed E-state index contributed by atoms with van der Waals surface area (Å²) in [6.07, 6.45) is 7.70. The molecule has 0 heterocycles. The third kappa shape index (κ3) is 2.22. The molecule has 17 heavy (non-hydrogen) atoms. The van der Waals surface area contributed by atoms with Crippen LogP contribution in [0.3, 0.4) is 0 Å². The Bertz CT molecular complexity index is 341. The molecule has 96 valence electrons. The quantitative estimate of drug-likeness (QED) is 0.645. The molecule has 1 fully saturated rings. The van der Waals surface area contributed by atoms with Gasteiger partial charge < -0.3 is 4.74 Å². The molecule has 0 aromatic carbocycles. The van der Waals surface area contributed by atoms with E-state index in [1.165, 1.54) is 31.3 Å². The van der Waals surface area contributed by atoms with Crippen molar-refractivity contribution in [2.24, 2.45) is 17.3 Å². The van der Waals surface area contributed by atoms with Crippen molar-refractivity contribution < 1.29 is 4.74 Å². The molecule has 0 spiro atoms. The van der Waals surface area contributed by atoms with E-state index in [9.17, 15) is 0 Å². The van der Waals surface area contributed by atoms with Gasteiger partial charge in [0.05, 0.1) is 6.10 Å². The van der Waals surface area contributed by atoms with Crippen LogP contribution >= 0.6 is 0 Å². The summed E-state index contributed by atoms with van der Waals surface area (Å²) < 4.78 is 5.54. The number of allylic oxidation sites excluding steroid dienone is 2. The lowest BCUT2D eigenvalue weighted by atomic mass is 9.57. The van der Waals surface area contributed by atoms with Gasteiger partial charge in [-0.2, -0.15) is 0 Å². The zero-order valence-corrected chi connectivity index (χ0v) is 11.8. The van der Waals surface area contributed by atoms with E-state index < -0.39 is 0 Å². The summed E-state index contributed by atoms with van der Waals surface area (Å²) in [5.41, 5.74) is 3.39. The third-order valence-corrected chi connectivity index (χ3v) is 5.23. The Morgan fingerprint density at radius 2 is 2.24 bits per heavy atom. The molecule has 0 aromatic rings. The first kappa shape index (κ1) is 12.9. The van der Waals surface area contributed by atoms with Gasteiger partial charge in [-0.05, 0) is 49.9 Å². The molecule has 1 nitrogen and oxygen atoms in total. The van der Waals surface area contributed by atoms with E-state index in [0.29, 0.717) is 11.5 Å². The number of hydrogen-bond acceptors (Lipinski definition) is 1. The average Bonchev–Trinajstić information content (AvgIpc) is 2.29. The van der Waals surface area contributed by atoms with Crippen LogP contribution in [0.2, 0.25) is 0 Å². The highest BCUT2D eigenvalue weighted by Gasteiger charge is 2.43. The van der Waals surface area contributed by atoms with Crippen LogP contribution in [0.15, 0.2) is 23.8 Å². The van der Waals surface area contributed by atoms with Crippen molar-refractivity contribution in [3.05, 3.63) is 23.8 Å². The van der Waals surface area contributed by atoms with Crippen LogP contribution in [-0.2, 0) is 4.74 Å². The lowest BCUT2D eigenvalue weighted by Gasteiger charge is -2.48. The molecule has 2 aliphatic rings. The number of methoxy groups -OCH3 is 1. The SMILES string of the molecule is C=C(C)[C@@H]1CCC2=C[C@@H](OC)C[C@H](C)[C@@]2(C)C1. The molecule has 4 atom stereocenters. The van der Waals surface area contributed by atoms with Gasteiger partial charge in [0, 0.05) is 7.11 Å². The second kappa shape index (κ2) is 4.61. The second-order valence-electron chi connectivity index (χ2n) is 6.31. The van der Waals surface area contributed by atoms with Crippen molar-refractivity contribution in [2.75, 3.05) is 7.11 Å². The lowest BCUT2D eigenvalue weighted by Crippen LogP contribution is -2.40. The van der Waals surface area contributed by atoms with E-state index >= 15 is 0 Å². The highest BCUT2D eigenvalue weighted by atomic mass is 16.5. The molecular formula is C16H26O. The molecule has 0 bridgehead atoms. The maximum Gasteiger partial charge on any atom is 0.0757 e. The Balaban J connectivity index is 2.25. The van der Waals surface area contributed by atoms with Crippen molar-refractivity contribution in [1.82, 2.24) is 0 Å². The van der Waals surface area contributed by atoms with Crippen LogP contribution in [0.25, 0.3) is 0 Å². The van der Waals surface area contributed by atoms with E-state index in [4.69, 9.17) is 4.74 Å². The first-order valence-electron chi connectivity index (χ1n) is 6.86. The normalized spacial score (nSPS) is 41.6. The van der Waals surface area contributed by atoms with E-state index in [1.54, 1.807) is 5.57 Å². The molecule has 1 heteroatoms. The predicted molar refractivity (Wildman–Crippen MR) is 72.9 cm³/mol. The molecule has 0 saturated heterocycles. The first-order valence-corrected chi connectivity index (χ1v) is 6.86. The zero-order valence-electron chi connectivity index (χ0n) is 11.8. The Hall–Kier alpha value is -0.560. The van der Waals surface area contributed by atoms with Crippen molar-refractivity contribution >= 4 is 0 Å². The standard InChI is InChI=1S/C16H26O/c1-11(2)13-6-7-14-9-15(17-5)8-12(3)16(14,4)10-13/h9,12-13,15H,1,6-8,10H2,2-5H3/t12-,13+,15-,16+/m0/s1. The van der Waals surface area contributed by atoms with Crippen LogP contribution in [0.4, 0.5) is 0 Å². The van der Waals surface area contributed by atoms with Crippen LogP contribution in [0, 0.1) is 17.3 Å². The molecule has 0 amide bonds. The third-order valence-electron chi connectivity index (χ3n) is 5.23. The van der Waals surface area contributed by atoms with Gasteiger partial charge in [0.2, 0.25) is 0 Å². The topological polar surface area (TPSA) is 9.23 Å². The largest absolute Gasteiger partial charge is 0.377 e. The van der Waals surface area contributed by atoms with Crippen molar-refractivity contribution in [2.45, 2.75) is 52.6 Å². The first-order chi connectivity index (χ1) is 7.97. The summed E-state index contributed by atoms with van der Waals surface area (Å²) in [6.45, 7) is 11.2. The number of ether oxygens (including phenoxy) is 1. The van der Waals surface area contributed by atoms with Gasteiger partial charge in [0.25, 0.3) is 0 Å². The average molecular weight is 234 g/mol. The maximum absolute atomic E-state index is 5.54. The Labute approximate surface area is 106 Å². The van der Waals surface area contributed by atoms with E-state index in [1.807, 2.05) is 7.11 Å². The summed E-state index contributed by atoms with van der Waals surface area (Å²) in [5.74, 6) is 1.44. The number of rotatable bonds is 2. The Kier molecular flexibility index (Phi) is 3.49. The summed E-state index contributed by atoms with van der Waals surface area (Å²) in [7, 11) is 1.83. The fourth-order valence-electron chi connectivity index (χ4n) is 3.64. The molecule has 0 aromatic heterocycles. The van der Waals surface area contributed by atoms with Crippen molar-refractivity contribution in [1.29, 1.82) is 0 Å². The number of fused-ring (bicyclic) bond motifs is 1. The van der Waals surface area contributed by atoms with Gasteiger partial charge in [-0.3, -0.25) is 0 Å². The molecule has 2 aliphatic carbocycles. The summed E-state index contributed by atoms with van der Waals surface area (Å²) in [5, 5.41) is 0. The van der Waals surface area contributed by atoms with Gasteiger partial charge in [-0.1, -0.05) is 37.6 Å². The smallest absolute Gasteiger partial charge is 0.0757 e. The number of hydrogen-bond donors (Lipinski definition) is 0. The van der Waals surface area contributed by atoms with Gasteiger partial charge in [-0.15, -0.1) is 0 Å². The van der Waals surface area contributed by atoms with Crippen LogP contribution in [0.1, 0.15) is 46.5 Å². The van der Waals surface area contributed by atoms with Gasteiger partial charge in [0.1, 0.15) is 0 Å². The molecule has 0 radical (unpaired) electrons. The fourth-order valence-corrected chi connectivity index (χ4v) is 3.64. The summed E-state index contributed by atoms with van der Waals surface area (Å²) in [4.78, 5) is 0. The lowest BCUT2D eigenvalue weighted by molar-refractivity contribution is 0.0588. The minimum Gasteiger partial charge on any atom is -0.377 e. The Morgan fingerprint density at radius 3 is 2.82 bits per heavy atom. The van der Waals surface area contributed by atoms with Gasteiger partial charge >= 0.3 is 0 Å². The fraction of sp³-hybridized carbons (Fsp3) is 0.750. The molecule has 0 aliphatic heterocycles. The zero-order chi connectivity index (χ0) is 12.6. The minimum atomic E-state index is 0.342. The second-order valence-corrected chi connectivity index (χ2v) is 6.31. The molecule has 0 N–H and O–H groups in total. The monoisotopic (exact) mass is 234 g/mol. The van der Waals surface area contributed by atoms with Gasteiger partial charge in [0.15, 0.2) is 0 Å². The summed E-state index contributed by atoms with van der Waals surface area (Å²) >= 11 is 0. The molecule has 0 unspecified atom stereocenters. The van der Waals surface area contributed by atoms with Crippen LogP contribution in [0.5, 0.6) is 0 Å². The maximum atomic E-state index is 5.54. The van der Waals surface area contributed by atoms with Crippen molar-refractivity contribution in [3.63, 3.8) is 0 Å². The van der Waals surface area contributed by atoms with Gasteiger partial charge in [-0.25, -0.2) is 0 Å². The highest BCUT2D eigenvalue weighted by Crippen LogP contribution is 2.53. The molecule has 2 rings (SSSR count). The van der Waals surface area contributed by atoms with E-state index in [0.717, 1.165) is 11.8 Å².